The summed E-state index contributed by atoms with van der Waals surface area (Å²) in [5.41, 5.74) is 15.1. The number of nitrogens with two attached hydrogens (primary N) is 1. The Morgan fingerprint density at radius 1 is 0.345 bits per heavy atom. The van der Waals surface area contributed by atoms with Gasteiger partial charge in [0.15, 0.2) is 5.78 Å². The van der Waals surface area contributed by atoms with E-state index in [1.54, 1.807) is 25.1 Å². The second-order valence-electron chi connectivity index (χ2n) is 34.2. The quantitative estimate of drug-likeness (QED) is 0.0520. The predicted molar refractivity (Wildman–Crippen MR) is 448 cm³/mol. The van der Waals surface area contributed by atoms with Crippen LogP contribution in [0.4, 0.5) is 0 Å². The summed E-state index contributed by atoms with van der Waals surface area (Å²) >= 11 is 0. The van der Waals surface area contributed by atoms with Crippen molar-refractivity contribution in [3.63, 3.8) is 0 Å². The van der Waals surface area contributed by atoms with E-state index in [-0.39, 0.29) is 99.2 Å². The predicted octanol–water partition coefficient (Wildman–Crippen LogP) is 14.5. The van der Waals surface area contributed by atoms with Gasteiger partial charge in [0.25, 0.3) is 22.2 Å². The van der Waals surface area contributed by atoms with Gasteiger partial charge in [-0.25, -0.2) is 15.0 Å². The molecule has 6 aliphatic heterocycles. The summed E-state index contributed by atoms with van der Waals surface area (Å²) in [6, 6.07) is 52.2. The van der Waals surface area contributed by atoms with E-state index in [9.17, 15) is 28.8 Å². The van der Waals surface area contributed by atoms with Crippen LogP contribution in [-0.2, 0) is 12.8 Å². The standard InChI is InChI=1S/C32H39N3O2.C31H38N4O2.C30H34N4O2.ClH.Na.H2O/c1-22(36)28-14-8-7-11-23(28)19-30-32(37)35(31-16-10-9-15-29(31)33-30)27-20-25-17-18-26(21-27)34(25)24-12-5-3-2-4-6-13-24;32-30(36)26-13-7-6-10-21(26)18-28-31(37)35(29-15-9-8-14-27(29)33-28)25-19-23-16-17-24(20-25)34(23)22-11-4-2-1-3-5-12-22;35-29-24-12-6-7-13-25(24)31-28-30(36)33(26-14-8-9-15-27(26)34(28)29)23-18-21-16-17-22(19-23)32(21)20-10-4-2-1-3-5-11-20;;;/h7-11,14-16,24-27H,2-6,12-13,17-21H2,1H3;6-10,13-15,22-25H,1-5,11-12,16-20H2,(H2,32,36);6-9,12-15,20-23H,1-5,10-11,16-19H2;1H;;1H2/q;;;;+1;/p-1/t25-,26+,27?;23-,24+,25?;21-,22+,23?;;;. The fourth-order valence-corrected chi connectivity index (χ4v) is 22.8. The minimum Gasteiger partial charge on any atom is -0.870 e. The third-order valence-electron chi connectivity index (χ3n) is 27.6. The number of hydrogen-bond donors (Lipinski definition) is 1. The molecule has 0 radical (unpaired) electrons. The average Bonchev–Trinajstić information content (AvgIpc) is 1.41. The second-order valence-corrected chi connectivity index (χ2v) is 34.2. The van der Waals surface area contributed by atoms with E-state index in [0.717, 1.165) is 88.8 Å². The van der Waals surface area contributed by atoms with Crippen molar-refractivity contribution in [1.29, 1.82) is 0 Å². The van der Waals surface area contributed by atoms with Gasteiger partial charge in [0, 0.05) is 96.5 Å². The average molecular weight is 1560 g/mol. The molecule has 10 heterocycles. The van der Waals surface area contributed by atoms with Gasteiger partial charge in [0.1, 0.15) is 11.4 Å². The van der Waals surface area contributed by atoms with Crippen molar-refractivity contribution < 1.29 is 44.6 Å². The maximum atomic E-state index is 14.1. The minimum atomic E-state index is -0.477. The fraction of sp³-hybridized carbons (Fsp3) is 0.516. The third-order valence-corrected chi connectivity index (χ3v) is 27.6. The Morgan fingerprint density at radius 2 is 0.664 bits per heavy atom. The maximum absolute atomic E-state index is 14.1. The van der Waals surface area contributed by atoms with E-state index < -0.39 is 5.91 Å². The maximum Gasteiger partial charge on any atom is 1.00 e. The number of fused-ring (bicyclic) bond motifs is 12. The van der Waals surface area contributed by atoms with E-state index in [1.165, 1.54) is 178 Å². The molecule has 6 aromatic carbocycles. The Morgan fingerprint density at radius 3 is 1.06 bits per heavy atom. The number of halogens is 1. The number of amides is 1. The zero-order valence-corrected chi connectivity index (χ0v) is 69.2. The molecule has 10 aromatic rings. The van der Waals surface area contributed by atoms with Crippen LogP contribution in [-0.4, -0.2) is 119 Å². The number of hydrogen-bond acceptors (Lipinski definition) is 13. The summed E-state index contributed by atoms with van der Waals surface area (Å²) in [6.45, 7) is 1.59. The van der Waals surface area contributed by atoms with Crippen LogP contribution < -0.4 is 57.5 Å². The molecule has 0 spiro atoms. The summed E-state index contributed by atoms with van der Waals surface area (Å²) in [7, 11) is 0. The van der Waals surface area contributed by atoms with Crippen LogP contribution in [0.15, 0.2) is 165 Å². The Kier molecular flexibility index (Phi) is 26.7. The molecule has 3 aliphatic carbocycles. The molecule has 3 N–H and O–H groups in total. The number of primary amides is 1. The van der Waals surface area contributed by atoms with E-state index in [2.05, 4.69) is 25.3 Å². The molecule has 4 aromatic heterocycles. The number of benzene rings is 6. The van der Waals surface area contributed by atoms with Crippen LogP contribution in [0.3, 0.4) is 0 Å². The van der Waals surface area contributed by atoms with E-state index >= 15 is 0 Å². The molecule has 6 saturated heterocycles. The summed E-state index contributed by atoms with van der Waals surface area (Å²) in [5.74, 6) is -0.454. The monoisotopic (exact) mass is 1550 g/mol. The molecule has 113 heavy (non-hydrogen) atoms. The fourth-order valence-electron chi connectivity index (χ4n) is 22.8. The molecule has 19 rings (SSSR count). The first-order chi connectivity index (χ1) is 53.9. The van der Waals surface area contributed by atoms with Crippen molar-refractivity contribution in [2.75, 3.05) is 0 Å². The molecule has 9 fully saturated rings. The Hall–Kier alpha value is -7.52. The molecular formula is C93H113ClN11NaO7. The van der Waals surface area contributed by atoms with Gasteiger partial charge in [-0.1, -0.05) is 187 Å². The molecule has 1 amide bonds. The molecule has 18 nitrogen and oxygen atoms in total. The van der Waals surface area contributed by atoms with Gasteiger partial charge in [-0.05, 0) is 188 Å². The number of piperidine rings is 3. The van der Waals surface area contributed by atoms with Crippen LogP contribution >= 0.6 is 12.4 Å². The van der Waals surface area contributed by atoms with Crippen LogP contribution in [0.25, 0.3) is 49.7 Å². The number of nitrogens with zero attached hydrogens (tertiary/aromatic N) is 10. The van der Waals surface area contributed by atoms with Crippen molar-refractivity contribution in [3.05, 3.63) is 221 Å². The number of rotatable bonds is 12. The summed E-state index contributed by atoms with van der Waals surface area (Å²) < 4.78 is 7.65. The Bertz CT molecular complexity index is 5040. The summed E-state index contributed by atoms with van der Waals surface area (Å²) in [6.07, 6.45) is 42.9. The molecule has 20 heteroatoms. The smallest absolute Gasteiger partial charge is 0.870 e. The first-order valence-electron chi connectivity index (χ1n) is 42.6. The second kappa shape index (κ2) is 36.7. The van der Waals surface area contributed by atoms with Gasteiger partial charge in [-0.2, -0.15) is 0 Å². The van der Waals surface area contributed by atoms with Gasteiger partial charge in [-0.3, -0.25) is 47.9 Å². The van der Waals surface area contributed by atoms with Crippen LogP contribution in [0.2, 0.25) is 0 Å². The Balaban J connectivity index is 0.000000139. The molecule has 9 atom stereocenters. The Labute approximate surface area is 691 Å². The van der Waals surface area contributed by atoms with Crippen molar-refractivity contribution >= 4 is 73.7 Å². The number of carbonyl (C=O) groups excluding carboxylic acids is 2. The number of aromatic nitrogens is 7. The SMILES string of the molecule is CC(=O)c1ccccc1Cc1nc2ccccc2n(C2C[C@H]3CC[C@@H](C2)N3C2CCCCCCC2)c1=O.Cl.NC(=O)c1ccccc1Cc1nc2ccccc2n(C2C[C@H]3CC[C@@H](C2)N3C2CCCCCCC2)c1=O.O=c1c2nc3ccccc3c(=O)n2c2ccccc2n1C1C[C@H]2CC[C@@H](C1)N2C1CCCCCCC1.[Na+].[OH-]. The van der Waals surface area contributed by atoms with E-state index in [1.807, 2.05) is 130 Å². The number of para-hydroxylation sites is 7. The largest absolute Gasteiger partial charge is 1.00 e. The summed E-state index contributed by atoms with van der Waals surface area (Å²) in [5, 5.41) is 0.544. The summed E-state index contributed by atoms with van der Waals surface area (Å²) in [4.78, 5) is 103. The van der Waals surface area contributed by atoms with Crippen molar-refractivity contribution in [1.82, 2.24) is 47.8 Å². The van der Waals surface area contributed by atoms with E-state index in [0.29, 0.717) is 94.6 Å². The molecule has 3 saturated carbocycles. The molecule has 590 valence electrons. The van der Waals surface area contributed by atoms with Gasteiger partial charge in [0.2, 0.25) is 11.6 Å². The van der Waals surface area contributed by atoms with Crippen molar-refractivity contribution in [2.45, 2.75) is 304 Å². The first kappa shape index (κ1) is 82.0. The number of ketones is 1. The first-order valence-corrected chi connectivity index (χ1v) is 42.6. The normalized spacial score (nSPS) is 24.7. The number of carbonyl (C=O) groups is 2. The molecular weight excluding hydrogens is 1440 g/mol. The topological polar surface area (TPSA) is 226 Å². The zero-order valence-electron chi connectivity index (χ0n) is 66.4. The van der Waals surface area contributed by atoms with Gasteiger partial charge < -0.3 is 24.9 Å². The van der Waals surface area contributed by atoms with Crippen LogP contribution in [0.1, 0.15) is 280 Å². The third kappa shape index (κ3) is 16.8. The van der Waals surface area contributed by atoms with E-state index in [4.69, 9.17) is 20.7 Å². The van der Waals surface area contributed by atoms with Gasteiger partial charge >= 0.3 is 29.6 Å². The van der Waals surface area contributed by atoms with Crippen LogP contribution in [0, 0.1) is 0 Å². The molecule has 6 bridgehead atoms. The minimum absolute atomic E-state index is 0. The van der Waals surface area contributed by atoms with Crippen LogP contribution in [0.5, 0.6) is 0 Å². The van der Waals surface area contributed by atoms with Crippen molar-refractivity contribution in [2.24, 2.45) is 5.73 Å². The van der Waals surface area contributed by atoms with Gasteiger partial charge in [-0.15, -0.1) is 12.4 Å². The molecule has 3 unspecified atom stereocenters. The van der Waals surface area contributed by atoms with Crippen molar-refractivity contribution in [3.8, 4) is 0 Å². The molecule has 9 aliphatic rings. The zero-order chi connectivity index (χ0) is 74.9. The number of Topliss-reactive ketones (excluding diaryl/α,β-unsaturated/α-hetero) is 1. The van der Waals surface area contributed by atoms with Gasteiger partial charge in [0.05, 0.1) is 44.0 Å².